The average Bonchev–Trinajstić information content (AvgIpc) is 2.74. The molecular weight excluding hydrogens is 188 g/mol. The first-order chi connectivity index (χ1) is 6.36. The van der Waals surface area contributed by atoms with Gasteiger partial charge in [-0.2, -0.15) is 0 Å². The first-order valence-electron chi connectivity index (χ1n) is 4.26. The zero-order valence-electron chi connectivity index (χ0n) is 7.10. The minimum atomic E-state index is -0.193. The SMILES string of the molecule is O=C(Cc1csnn1)C1CCCO1. The number of rotatable bonds is 3. The highest BCUT2D eigenvalue weighted by Crippen LogP contribution is 2.14. The molecule has 0 radical (unpaired) electrons. The van der Waals surface area contributed by atoms with Crippen molar-refractivity contribution in [3.8, 4) is 0 Å². The van der Waals surface area contributed by atoms with Gasteiger partial charge in [-0.3, -0.25) is 4.79 Å². The normalized spacial score (nSPS) is 22.0. The summed E-state index contributed by atoms with van der Waals surface area (Å²) in [6.45, 7) is 0.714. The van der Waals surface area contributed by atoms with E-state index < -0.39 is 0 Å². The van der Waals surface area contributed by atoms with Crippen molar-refractivity contribution in [3.63, 3.8) is 0 Å². The predicted molar refractivity (Wildman–Crippen MR) is 47.6 cm³/mol. The second-order valence-electron chi connectivity index (χ2n) is 3.04. The molecule has 1 aromatic heterocycles. The van der Waals surface area contributed by atoms with E-state index in [2.05, 4.69) is 9.59 Å². The molecule has 1 atom stereocenters. The third-order valence-corrected chi connectivity index (χ3v) is 2.60. The molecule has 0 aromatic carbocycles. The van der Waals surface area contributed by atoms with E-state index in [-0.39, 0.29) is 11.9 Å². The molecule has 1 fully saturated rings. The van der Waals surface area contributed by atoms with Crippen molar-refractivity contribution >= 4 is 17.3 Å². The Morgan fingerprint density at radius 1 is 1.77 bits per heavy atom. The number of nitrogens with zero attached hydrogens (tertiary/aromatic N) is 2. The maximum Gasteiger partial charge on any atom is 0.167 e. The maximum atomic E-state index is 11.5. The van der Waals surface area contributed by atoms with Crippen LogP contribution < -0.4 is 0 Å². The molecule has 1 unspecified atom stereocenters. The van der Waals surface area contributed by atoms with Crippen LogP contribution in [-0.2, 0) is 16.0 Å². The predicted octanol–water partition coefficient (Wildman–Crippen LogP) is 0.829. The highest BCUT2D eigenvalue weighted by atomic mass is 32.1. The lowest BCUT2D eigenvalue weighted by Gasteiger charge is -2.05. The molecule has 13 heavy (non-hydrogen) atoms. The zero-order chi connectivity index (χ0) is 9.10. The first kappa shape index (κ1) is 8.77. The number of ether oxygens (including phenoxy) is 1. The van der Waals surface area contributed by atoms with Gasteiger partial charge in [0.25, 0.3) is 0 Å². The van der Waals surface area contributed by atoms with Crippen molar-refractivity contribution in [3.05, 3.63) is 11.1 Å². The average molecular weight is 198 g/mol. The quantitative estimate of drug-likeness (QED) is 0.721. The van der Waals surface area contributed by atoms with Crippen molar-refractivity contribution in [2.75, 3.05) is 6.61 Å². The Kier molecular flexibility index (Phi) is 2.65. The van der Waals surface area contributed by atoms with Gasteiger partial charge >= 0.3 is 0 Å². The minimum absolute atomic E-state index is 0.130. The summed E-state index contributed by atoms with van der Waals surface area (Å²) in [6.07, 6.45) is 2.02. The van der Waals surface area contributed by atoms with E-state index in [9.17, 15) is 4.79 Å². The number of aromatic nitrogens is 2. The summed E-state index contributed by atoms with van der Waals surface area (Å²) < 4.78 is 8.97. The fourth-order valence-electron chi connectivity index (χ4n) is 1.38. The molecule has 1 aliphatic rings. The molecular formula is C8H10N2O2S. The van der Waals surface area contributed by atoms with Crippen molar-refractivity contribution < 1.29 is 9.53 Å². The summed E-state index contributed by atoms with van der Waals surface area (Å²) >= 11 is 1.27. The maximum absolute atomic E-state index is 11.5. The van der Waals surface area contributed by atoms with Gasteiger partial charge in [-0.1, -0.05) is 4.49 Å². The van der Waals surface area contributed by atoms with Crippen molar-refractivity contribution in [1.82, 2.24) is 9.59 Å². The Morgan fingerprint density at radius 2 is 2.69 bits per heavy atom. The highest BCUT2D eigenvalue weighted by Gasteiger charge is 2.23. The van der Waals surface area contributed by atoms with E-state index in [0.29, 0.717) is 13.0 Å². The van der Waals surface area contributed by atoms with E-state index >= 15 is 0 Å². The molecule has 70 valence electrons. The topological polar surface area (TPSA) is 52.1 Å². The zero-order valence-corrected chi connectivity index (χ0v) is 7.92. The largest absolute Gasteiger partial charge is 0.370 e. The lowest BCUT2D eigenvalue weighted by atomic mass is 10.1. The van der Waals surface area contributed by atoms with Crippen LogP contribution in [0.4, 0.5) is 0 Å². The Labute approximate surface area is 80.1 Å². The lowest BCUT2D eigenvalue weighted by Crippen LogP contribution is -2.21. The third-order valence-electron chi connectivity index (χ3n) is 2.05. The van der Waals surface area contributed by atoms with Crippen molar-refractivity contribution in [2.24, 2.45) is 0 Å². The summed E-state index contributed by atoms with van der Waals surface area (Å²) in [5.41, 5.74) is 0.755. The monoisotopic (exact) mass is 198 g/mol. The molecule has 1 saturated heterocycles. The van der Waals surface area contributed by atoms with Gasteiger partial charge in [0.2, 0.25) is 0 Å². The molecule has 2 heterocycles. The Balaban J connectivity index is 1.91. The van der Waals surface area contributed by atoms with Gasteiger partial charge in [-0.05, 0) is 24.4 Å². The van der Waals surface area contributed by atoms with E-state index in [0.717, 1.165) is 18.5 Å². The third kappa shape index (κ3) is 2.10. The van der Waals surface area contributed by atoms with Gasteiger partial charge in [0.15, 0.2) is 5.78 Å². The molecule has 0 bridgehead atoms. The van der Waals surface area contributed by atoms with Crippen LogP contribution in [0.1, 0.15) is 18.5 Å². The van der Waals surface area contributed by atoms with E-state index in [1.165, 1.54) is 11.5 Å². The molecule has 2 rings (SSSR count). The molecule has 0 saturated carbocycles. The number of carbonyl (C=O) groups is 1. The van der Waals surface area contributed by atoms with Crippen LogP contribution in [0.2, 0.25) is 0 Å². The molecule has 0 spiro atoms. The van der Waals surface area contributed by atoms with Gasteiger partial charge in [-0.25, -0.2) is 0 Å². The summed E-state index contributed by atoms with van der Waals surface area (Å²) in [4.78, 5) is 11.5. The Morgan fingerprint density at radius 3 is 3.31 bits per heavy atom. The Hall–Kier alpha value is -0.810. The highest BCUT2D eigenvalue weighted by molar-refractivity contribution is 7.03. The Bertz CT molecular complexity index is 280. The number of carbonyl (C=O) groups excluding carboxylic acids is 1. The van der Waals surface area contributed by atoms with Gasteiger partial charge in [0.05, 0.1) is 12.1 Å². The van der Waals surface area contributed by atoms with Crippen LogP contribution in [0.5, 0.6) is 0 Å². The van der Waals surface area contributed by atoms with E-state index in [4.69, 9.17) is 4.74 Å². The smallest absolute Gasteiger partial charge is 0.167 e. The van der Waals surface area contributed by atoms with E-state index in [1.54, 1.807) is 5.38 Å². The minimum Gasteiger partial charge on any atom is -0.370 e. The summed E-state index contributed by atoms with van der Waals surface area (Å²) in [7, 11) is 0. The fraction of sp³-hybridized carbons (Fsp3) is 0.625. The lowest BCUT2D eigenvalue weighted by molar-refractivity contribution is -0.127. The van der Waals surface area contributed by atoms with Gasteiger partial charge in [0.1, 0.15) is 6.10 Å². The molecule has 1 aromatic rings. The number of ketones is 1. The molecule has 4 nitrogen and oxygen atoms in total. The summed E-state index contributed by atoms with van der Waals surface area (Å²) in [5, 5.41) is 5.62. The summed E-state index contributed by atoms with van der Waals surface area (Å²) in [6, 6.07) is 0. The number of Topliss-reactive ketones (excluding diaryl/α,β-unsaturated/α-hetero) is 1. The molecule has 0 aliphatic carbocycles. The number of hydrogen-bond donors (Lipinski definition) is 0. The van der Waals surface area contributed by atoms with Crippen LogP contribution in [0.25, 0.3) is 0 Å². The van der Waals surface area contributed by atoms with Gasteiger partial charge in [-0.15, -0.1) is 5.10 Å². The van der Waals surface area contributed by atoms with Crippen molar-refractivity contribution in [2.45, 2.75) is 25.4 Å². The van der Waals surface area contributed by atoms with Crippen LogP contribution in [0.3, 0.4) is 0 Å². The molecule has 1 aliphatic heterocycles. The van der Waals surface area contributed by atoms with Crippen molar-refractivity contribution in [1.29, 1.82) is 0 Å². The number of hydrogen-bond acceptors (Lipinski definition) is 5. The van der Waals surface area contributed by atoms with Crippen LogP contribution in [0.15, 0.2) is 5.38 Å². The standard InChI is InChI=1S/C8H10N2O2S/c11-7(8-2-1-3-12-8)4-6-5-13-10-9-6/h5,8H,1-4H2. The molecule has 0 amide bonds. The second kappa shape index (κ2) is 3.93. The molecule has 0 N–H and O–H groups in total. The van der Waals surface area contributed by atoms with Gasteiger partial charge in [0, 0.05) is 12.0 Å². The van der Waals surface area contributed by atoms with Gasteiger partial charge < -0.3 is 4.74 Å². The van der Waals surface area contributed by atoms with Crippen LogP contribution in [0, 0.1) is 0 Å². The van der Waals surface area contributed by atoms with E-state index in [1.807, 2.05) is 0 Å². The summed E-state index contributed by atoms with van der Waals surface area (Å²) in [5.74, 6) is 0.130. The fourth-order valence-corrected chi connectivity index (χ4v) is 1.84. The first-order valence-corrected chi connectivity index (χ1v) is 5.10. The molecule has 5 heteroatoms. The van der Waals surface area contributed by atoms with Crippen LogP contribution >= 0.6 is 11.5 Å². The van der Waals surface area contributed by atoms with Crippen LogP contribution in [-0.4, -0.2) is 28.1 Å². The second-order valence-corrected chi connectivity index (χ2v) is 3.65.